The third kappa shape index (κ3) is 3.29. The zero-order valence-corrected chi connectivity index (χ0v) is 14.3. The highest BCUT2D eigenvalue weighted by Gasteiger charge is 2.30. The largest absolute Gasteiger partial charge is 0.382 e. The molecular weight excluding hydrogens is 314 g/mol. The van der Waals surface area contributed by atoms with Gasteiger partial charge in [0.25, 0.3) is 0 Å². The summed E-state index contributed by atoms with van der Waals surface area (Å²) in [5.74, 6) is 1.64. The van der Waals surface area contributed by atoms with E-state index in [4.69, 9.17) is 5.73 Å². The van der Waals surface area contributed by atoms with E-state index in [1.54, 1.807) is 12.4 Å². The van der Waals surface area contributed by atoms with E-state index < -0.39 is 0 Å². The monoisotopic (exact) mass is 337 g/mol. The van der Waals surface area contributed by atoms with Crippen molar-refractivity contribution >= 4 is 17.5 Å². The number of carbonyl (C=O) groups is 1. The van der Waals surface area contributed by atoms with Crippen molar-refractivity contribution in [1.29, 1.82) is 0 Å². The number of amides is 1. The van der Waals surface area contributed by atoms with E-state index in [2.05, 4.69) is 39.1 Å². The molecule has 0 saturated carbocycles. The number of piperidine rings is 1. The van der Waals surface area contributed by atoms with Crippen LogP contribution in [0, 0.1) is 5.92 Å². The first kappa shape index (κ1) is 15.9. The second-order valence-electron chi connectivity index (χ2n) is 6.84. The third-order valence-corrected chi connectivity index (χ3v) is 5.25. The molecule has 1 amide bonds. The number of hydrogen-bond acceptors (Lipinski definition) is 5. The van der Waals surface area contributed by atoms with Crippen molar-refractivity contribution in [3.8, 4) is 0 Å². The number of benzene rings is 1. The van der Waals surface area contributed by atoms with Crippen LogP contribution in [0.4, 0.5) is 11.6 Å². The molecule has 130 valence electrons. The SMILES string of the molecule is Nc1cncc(N2CCC(C(=O)N3CCc4ccccc4C3)CC2)n1. The normalized spacial score (nSPS) is 18.1. The van der Waals surface area contributed by atoms with Gasteiger partial charge in [0.1, 0.15) is 11.6 Å². The van der Waals surface area contributed by atoms with Crippen molar-refractivity contribution in [2.45, 2.75) is 25.8 Å². The van der Waals surface area contributed by atoms with Crippen molar-refractivity contribution < 1.29 is 4.79 Å². The molecule has 2 aliphatic rings. The Morgan fingerprint density at radius 2 is 1.84 bits per heavy atom. The van der Waals surface area contributed by atoms with Crippen LogP contribution in [0.25, 0.3) is 0 Å². The van der Waals surface area contributed by atoms with Gasteiger partial charge in [0.05, 0.1) is 12.4 Å². The first-order valence-corrected chi connectivity index (χ1v) is 8.89. The van der Waals surface area contributed by atoms with Crippen LogP contribution >= 0.6 is 0 Å². The van der Waals surface area contributed by atoms with E-state index in [9.17, 15) is 4.79 Å². The number of nitrogen functional groups attached to an aromatic ring is 1. The van der Waals surface area contributed by atoms with E-state index >= 15 is 0 Å². The number of anilines is 2. The van der Waals surface area contributed by atoms with Crippen molar-refractivity contribution in [3.63, 3.8) is 0 Å². The van der Waals surface area contributed by atoms with Gasteiger partial charge in [-0.25, -0.2) is 4.98 Å². The summed E-state index contributed by atoms with van der Waals surface area (Å²) in [5, 5.41) is 0. The zero-order valence-electron chi connectivity index (χ0n) is 14.3. The smallest absolute Gasteiger partial charge is 0.226 e. The lowest BCUT2D eigenvalue weighted by Gasteiger charge is -2.36. The van der Waals surface area contributed by atoms with E-state index in [1.807, 2.05) is 4.90 Å². The van der Waals surface area contributed by atoms with Crippen molar-refractivity contribution in [1.82, 2.24) is 14.9 Å². The second-order valence-corrected chi connectivity index (χ2v) is 6.84. The molecule has 2 N–H and O–H groups in total. The Bertz CT molecular complexity index is 770. The van der Waals surface area contributed by atoms with Crippen LogP contribution in [0.15, 0.2) is 36.7 Å². The summed E-state index contributed by atoms with van der Waals surface area (Å²) in [6.45, 7) is 3.21. The van der Waals surface area contributed by atoms with Crippen LogP contribution in [-0.2, 0) is 17.8 Å². The van der Waals surface area contributed by atoms with Gasteiger partial charge in [-0.15, -0.1) is 0 Å². The number of carbonyl (C=O) groups excluding carboxylic acids is 1. The minimum Gasteiger partial charge on any atom is -0.382 e. The number of rotatable bonds is 2. The predicted octanol–water partition coefficient (Wildman–Crippen LogP) is 1.86. The highest BCUT2D eigenvalue weighted by Crippen LogP contribution is 2.26. The maximum Gasteiger partial charge on any atom is 0.226 e. The van der Waals surface area contributed by atoms with Gasteiger partial charge < -0.3 is 15.5 Å². The Morgan fingerprint density at radius 3 is 2.60 bits per heavy atom. The molecule has 3 heterocycles. The Morgan fingerprint density at radius 1 is 1.08 bits per heavy atom. The molecule has 4 rings (SSSR count). The van der Waals surface area contributed by atoms with E-state index in [0.717, 1.165) is 51.3 Å². The van der Waals surface area contributed by atoms with Crippen molar-refractivity contribution in [3.05, 3.63) is 47.8 Å². The minimum atomic E-state index is 0.107. The predicted molar refractivity (Wildman–Crippen MR) is 96.9 cm³/mol. The number of aromatic nitrogens is 2. The number of fused-ring (bicyclic) bond motifs is 1. The molecule has 25 heavy (non-hydrogen) atoms. The lowest BCUT2D eigenvalue weighted by molar-refractivity contribution is -0.137. The van der Waals surface area contributed by atoms with Crippen LogP contribution < -0.4 is 10.6 Å². The molecule has 1 fully saturated rings. The van der Waals surface area contributed by atoms with E-state index in [1.165, 1.54) is 11.1 Å². The van der Waals surface area contributed by atoms with Gasteiger partial charge in [-0.1, -0.05) is 24.3 Å². The lowest BCUT2D eigenvalue weighted by atomic mass is 9.93. The molecule has 0 aliphatic carbocycles. The molecule has 2 aliphatic heterocycles. The average Bonchev–Trinajstić information content (AvgIpc) is 2.67. The Kier molecular flexibility index (Phi) is 4.26. The Labute approximate surface area is 147 Å². The van der Waals surface area contributed by atoms with Gasteiger partial charge >= 0.3 is 0 Å². The summed E-state index contributed by atoms with van der Waals surface area (Å²) >= 11 is 0. The first-order chi connectivity index (χ1) is 12.2. The molecule has 2 aromatic rings. The molecule has 6 nitrogen and oxygen atoms in total. The van der Waals surface area contributed by atoms with E-state index in [-0.39, 0.29) is 5.92 Å². The quantitative estimate of drug-likeness (QED) is 0.905. The summed E-state index contributed by atoms with van der Waals surface area (Å²) in [6.07, 6.45) is 5.95. The van der Waals surface area contributed by atoms with Crippen molar-refractivity contribution in [2.24, 2.45) is 5.92 Å². The molecule has 0 radical (unpaired) electrons. The molecule has 0 unspecified atom stereocenters. The summed E-state index contributed by atoms with van der Waals surface area (Å²) in [7, 11) is 0. The Hall–Kier alpha value is -2.63. The highest BCUT2D eigenvalue weighted by atomic mass is 16.2. The summed E-state index contributed by atoms with van der Waals surface area (Å²) < 4.78 is 0. The van der Waals surface area contributed by atoms with Crippen molar-refractivity contribution in [2.75, 3.05) is 30.3 Å². The average molecular weight is 337 g/mol. The highest BCUT2D eigenvalue weighted by molar-refractivity contribution is 5.79. The molecule has 1 saturated heterocycles. The van der Waals surface area contributed by atoms with Crippen LogP contribution in [-0.4, -0.2) is 40.4 Å². The van der Waals surface area contributed by atoms with Gasteiger partial charge in [-0.3, -0.25) is 9.78 Å². The maximum absolute atomic E-state index is 12.9. The van der Waals surface area contributed by atoms with E-state index in [0.29, 0.717) is 11.7 Å². The molecule has 6 heteroatoms. The maximum atomic E-state index is 12.9. The molecule has 1 aromatic carbocycles. The standard InChI is InChI=1S/C19H23N5O/c20-17-11-21-12-18(22-17)23-8-6-15(7-9-23)19(25)24-10-5-14-3-1-2-4-16(14)13-24/h1-4,11-12,15H,5-10,13H2,(H2,20,22). The Balaban J connectivity index is 1.37. The fraction of sp³-hybridized carbons (Fsp3) is 0.421. The topological polar surface area (TPSA) is 75.3 Å². The van der Waals surface area contributed by atoms with Gasteiger partial charge in [0.15, 0.2) is 0 Å². The van der Waals surface area contributed by atoms with Gasteiger partial charge in [-0.2, -0.15) is 0 Å². The fourth-order valence-corrected chi connectivity index (χ4v) is 3.82. The molecular formula is C19H23N5O. The minimum absolute atomic E-state index is 0.107. The zero-order chi connectivity index (χ0) is 17.2. The van der Waals surface area contributed by atoms with Crippen LogP contribution in [0.5, 0.6) is 0 Å². The third-order valence-electron chi connectivity index (χ3n) is 5.25. The lowest BCUT2D eigenvalue weighted by Crippen LogP contribution is -2.44. The summed E-state index contributed by atoms with van der Waals surface area (Å²) in [5.41, 5.74) is 8.38. The van der Waals surface area contributed by atoms with Gasteiger partial charge in [-0.05, 0) is 30.4 Å². The van der Waals surface area contributed by atoms with Crippen LogP contribution in [0.3, 0.4) is 0 Å². The molecule has 0 spiro atoms. The molecule has 0 bridgehead atoms. The second kappa shape index (κ2) is 6.70. The fourth-order valence-electron chi connectivity index (χ4n) is 3.82. The van der Waals surface area contributed by atoms with Crippen LogP contribution in [0.1, 0.15) is 24.0 Å². The van der Waals surface area contributed by atoms with Gasteiger partial charge in [0.2, 0.25) is 5.91 Å². The number of nitrogens with two attached hydrogens (primary N) is 1. The molecule has 1 aromatic heterocycles. The van der Waals surface area contributed by atoms with Crippen LogP contribution in [0.2, 0.25) is 0 Å². The van der Waals surface area contributed by atoms with Gasteiger partial charge in [0, 0.05) is 32.1 Å². The summed E-state index contributed by atoms with van der Waals surface area (Å²) in [6, 6.07) is 8.43. The summed E-state index contributed by atoms with van der Waals surface area (Å²) in [4.78, 5) is 25.5. The first-order valence-electron chi connectivity index (χ1n) is 8.89. The number of hydrogen-bond donors (Lipinski definition) is 1. The number of nitrogens with zero attached hydrogens (tertiary/aromatic N) is 4. The molecule has 0 atom stereocenters.